The van der Waals surface area contributed by atoms with Gasteiger partial charge in [-0.15, -0.1) is 21.5 Å². The van der Waals surface area contributed by atoms with Crippen molar-refractivity contribution in [3.05, 3.63) is 52.2 Å². The molecule has 3 aromatic rings. The molecule has 1 amide bonds. The number of aromatic nitrogens is 2. The number of nitrogens with one attached hydrogen (secondary N) is 2. The van der Waals surface area contributed by atoms with E-state index in [4.69, 9.17) is 4.74 Å². The van der Waals surface area contributed by atoms with Gasteiger partial charge in [-0.2, -0.15) is 0 Å². The molecule has 9 heteroatoms. The van der Waals surface area contributed by atoms with Gasteiger partial charge < -0.3 is 15.4 Å². The molecule has 1 aliphatic heterocycles. The first kappa shape index (κ1) is 19.2. The van der Waals surface area contributed by atoms with Crippen molar-refractivity contribution in [1.82, 2.24) is 15.5 Å². The quantitative estimate of drug-likeness (QED) is 0.524. The molecule has 2 aromatic heterocycles. The lowest BCUT2D eigenvalue weighted by Gasteiger charge is -2.26. The van der Waals surface area contributed by atoms with Crippen LogP contribution in [-0.2, 0) is 11.2 Å². The number of thiophene rings is 1. The summed E-state index contributed by atoms with van der Waals surface area (Å²) in [5.41, 5.74) is 1.04. The first-order valence-corrected chi connectivity index (χ1v) is 11.7. The first-order valence-electron chi connectivity index (χ1n) is 9.01. The number of ether oxygens (including phenoxy) is 1. The van der Waals surface area contributed by atoms with Gasteiger partial charge in [0.2, 0.25) is 11.0 Å². The zero-order chi connectivity index (χ0) is 19.2. The Balaban J connectivity index is 1.23. The molecule has 0 saturated heterocycles. The van der Waals surface area contributed by atoms with Crippen LogP contribution in [0.5, 0.6) is 5.75 Å². The van der Waals surface area contributed by atoms with Crippen LogP contribution in [0.1, 0.15) is 22.9 Å². The van der Waals surface area contributed by atoms with E-state index in [0.717, 1.165) is 40.2 Å². The summed E-state index contributed by atoms with van der Waals surface area (Å²) in [6, 6.07) is 12.0. The third-order valence-electron chi connectivity index (χ3n) is 4.25. The minimum absolute atomic E-state index is 0.00180. The molecule has 0 bridgehead atoms. The molecule has 0 saturated carbocycles. The molecular weight excluding hydrogens is 412 g/mol. The lowest BCUT2D eigenvalue weighted by Crippen LogP contribution is -2.33. The molecule has 1 atom stereocenters. The van der Waals surface area contributed by atoms with Crippen molar-refractivity contribution in [2.75, 3.05) is 24.2 Å². The van der Waals surface area contributed by atoms with Gasteiger partial charge in [-0.05, 0) is 23.9 Å². The second-order valence-corrected chi connectivity index (χ2v) is 9.45. The Morgan fingerprint density at radius 3 is 3.07 bits per heavy atom. The van der Waals surface area contributed by atoms with Gasteiger partial charge in [-0.25, -0.2) is 0 Å². The maximum Gasteiger partial charge on any atom is 0.230 e. The van der Waals surface area contributed by atoms with E-state index in [1.54, 1.807) is 11.3 Å². The predicted molar refractivity (Wildman–Crippen MR) is 115 cm³/mol. The molecule has 28 heavy (non-hydrogen) atoms. The molecular formula is C19H20N4O2S3. The summed E-state index contributed by atoms with van der Waals surface area (Å²) in [5.74, 6) is 1.17. The predicted octanol–water partition coefficient (Wildman–Crippen LogP) is 3.99. The molecule has 0 radical (unpaired) electrons. The molecule has 1 aromatic carbocycles. The van der Waals surface area contributed by atoms with Crippen LogP contribution in [0.3, 0.4) is 0 Å². The summed E-state index contributed by atoms with van der Waals surface area (Å²) in [5, 5.41) is 17.6. The summed E-state index contributed by atoms with van der Waals surface area (Å²) >= 11 is 4.65. The van der Waals surface area contributed by atoms with Crippen molar-refractivity contribution in [1.29, 1.82) is 0 Å². The van der Waals surface area contributed by atoms with Gasteiger partial charge >= 0.3 is 0 Å². The number of carbonyl (C=O) groups excluding carboxylic acids is 1. The zero-order valence-corrected chi connectivity index (χ0v) is 17.5. The summed E-state index contributed by atoms with van der Waals surface area (Å²) in [6.45, 7) is 1.44. The minimum Gasteiger partial charge on any atom is -0.493 e. The van der Waals surface area contributed by atoms with Crippen LogP contribution >= 0.6 is 34.4 Å². The third-order valence-corrected chi connectivity index (χ3v) is 7.21. The molecule has 3 heterocycles. The van der Waals surface area contributed by atoms with Gasteiger partial charge in [0, 0.05) is 23.4 Å². The molecule has 4 rings (SSSR count). The van der Waals surface area contributed by atoms with Crippen LogP contribution in [0.4, 0.5) is 5.13 Å². The molecule has 0 unspecified atom stereocenters. The highest BCUT2D eigenvalue weighted by Gasteiger charge is 2.22. The summed E-state index contributed by atoms with van der Waals surface area (Å²) in [6.07, 6.45) is 1.75. The van der Waals surface area contributed by atoms with Gasteiger partial charge in [0.1, 0.15) is 5.75 Å². The van der Waals surface area contributed by atoms with Crippen molar-refractivity contribution in [3.63, 3.8) is 0 Å². The lowest BCUT2D eigenvalue weighted by atomic mass is 10.0. The number of hydrogen-bond donors (Lipinski definition) is 2. The Kier molecular flexibility index (Phi) is 6.45. The summed E-state index contributed by atoms with van der Waals surface area (Å²) in [7, 11) is 0. The number of benzene rings is 1. The number of rotatable bonds is 8. The number of fused-ring (bicyclic) bond motifs is 1. The topological polar surface area (TPSA) is 76.1 Å². The summed E-state index contributed by atoms with van der Waals surface area (Å²) < 4.78 is 6.44. The van der Waals surface area contributed by atoms with Gasteiger partial charge in [0.25, 0.3) is 0 Å². The van der Waals surface area contributed by atoms with Crippen molar-refractivity contribution < 1.29 is 9.53 Å². The standard InChI is InChI=1S/C19H20N4O2S3/c24-17(21-15-8-10-25-16-6-2-1-5-14(15)16)12-27-19-23-22-18(28-19)20-9-7-13-4-3-11-26-13/h1-6,11,15H,7-10,12H2,(H,20,22)(H,21,24)/t15-/m0/s1. The Morgan fingerprint density at radius 1 is 1.25 bits per heavy atom. The van der Waals surface area contributed by atoms with E-state index in [1.807, 2.05) is 24.3 Å². The highest BCUT2D eigenvalue weighted by atomic mass is 32.2. The maximum atomic E-state index is 12.4. The van der Waals surface area contributed by atoms with E-state index in [9.17, 15) is 4.79 Å². The highest BCUT2D eigenvalue weighted by Crippen LogP contribution is 2.32. The van der Waals surface area contributed by atoms with E-state index in [-0.39, 0.29) is 11.9 Å². The van der Waals surface area contributed by atoms with Crippen LogP contribution in [0.25, 0.3) is 0 Å². The first-order chi connectivity index (χ1) is 13.8. The van der Waals surface area contributed by atoms with Crippen LogP contribution < -0.4 is 15.4 Å². The second kappa shape index (κ2) is 9.40. The highest BCUT2D eigenvalue weighted by molar-refractivity contribution is 8.01. The SMILES string of the molecule is O=C(CSc1nnc(NCCc2cccs2)s1)N[C@H]1CCOc2ccccc21. The number of carbonyl (C=O) groups is 1. The average molecular weight is 433 g/mol. The Hall–Kier alpha value is -2.10. The fourth-order valence-electron chi connectivity index (χ4n) is 2.94. The van der Waals surface area contributed by atoms with E-state index in [2.05, 4.69) is 38.3 Å². The van der Waals surface area contributed by atoms with Crippen molar-refractivity contribution >= 4 is 45.5 Å². The molecule has 0 spiro atoms. The number of para-hydroxylation sites is 1. The molecule has 0 fully saturated rings. The van der Waals surface area contributed by atoms with Gasteiger partial charge in [-0.1, -0.05) is 47.4 Å². The normalized spacial score (nSPS) is 15.5. The van der Waals surface area contributed by atoms with Crippen molar-refractivity contribution in [2.24, 2.45) is 0 Å². The molecule has 6 nitrogen and oxygen atoms in total. The number of nitrogens with zero attached hydrogens (tertiary/aromatic N) is 2. The third kappa shape index (κ3) is 5.03. The maximum absolute atomic E-state index is 12.4. The molecule has 146 valence electrons. The van der Waals surface area contributed by atoms with Crippen LogP contribution in [0.2, 0.25) is 0 Å². The van der Waals surface area contributed by atoms with Crippen LogP contribution in [0.15, 0.2) is 46.1 Å². The average Bonchev–Trinajstić information content (AvgIpc) is 3.39. The van der Waals surface area contributed by atoms with E-state index >= 15 is 0 Å². The Labute approximate surface area is 175 Å². The molecule has 0 aliphatic carbocycles. The number of hydrogen-bond acceptors (Lipinski definition) is 8. The fourth-order valence-corrected chi connectivity index (χ4v) is 5.24. The van der Waals surface area contributed by atoms with E-state index < -0.39 is 0 Å². The van der Waals surface area contributed by atoms with Crippen molar-refractivity contribution in [3.8, 4) is 5.75 Å². The second-order valence-electron chi connectivity index (χ2n) is 6.21. The van der Waals surface area contributed by atoms with Crippen LogP contribution in [0, 0.1) is 0 Å². The largest absolute Gasteiger partial charge is 0.493 e. The van der Waals surface area contributed by atoms with E-state index in [1.165, 1.54) is 28.0 Å². The fraction of sp³-hybridized carbons (Fsp3) is 0.316. The molecule has 1 aliphatic rings. The monoisotopic (exact) mass is 432 g/mol. The number of thioether (sulfide) groups is 1. The minimum atomic E-state index is -0.00546. The molecule has 2 N–H and O–H groups in total. The van der Waals surface area contributed by atoms with Crippen molar-refractivity contribution in [2.45, 2.75) is 23.2 Å². The Bertz CT molecular complexity index is 914. The lowest BCUT2D eigenvalue weighted by molar-refractivity contribution is -0.119. The smallest absolute Gasteiger partial charge is 0.230 e. The number of anilines is 1. The van der Waals surface area contributed by atoms with E-state index in [0.29, 0.717) is 12.4 Å². The van der Waals surface area contributed by atoms with Gasteiger partial charge in [-0.3, -0.25) is 4.79 Å². The Morgan fingerprint density at radius 2 is 2.18 bits per heavy atom. The van der Waals surface area contributed by atoms with Crippen LogP contribution in [-0.4, -0.2) is 35.0 Å². The van der Waals surface area contributed by atoms with Gasteiger partial charge in [0.15, 0.2) is 4.34 Å². The van der Waals surface area contributed by atoms with Gasteiger partial charge in [0.05, 0.1) is 18.4 Å². The summed E-state index contributed by atoms with van der Waals surface area (Å²) in [4.78, 5) is 13.7. The zero-order valence-electron chi connectivity index (χ0n) is 15.1. The number of amides is 1.